The molecule has 0 saturated carbocycles. The molecule has 0 spiro atoms. The van der Waals surface area contributed by atoms with Gasteiger partial charge in [-0.15, -0.1) is 0 Å². The first kappa shape index (κ1) is 32.8. The predicted octanol–water partition coefficient (Wildman–Crippen LogP) is 13.9. The van der Waals surface area contributed by atoms with E-state index in [1.807, 2.05) is 12.2 Å². The van der Waals surface area contributed by atoms with E-state index < -0.39 is 0 Å². The Morgan fingerprint density at radius 1 is 0.518 bits per heavy atom. The van der Waals surface area contributed by atoms with Crippen molar-refractivity contribution in [1.82, 2.24) is 9.13 Å². The summed E-state index contributed by atoms with van der Waals surface area (Å²) in [5.41, 5.74) is 23.7. The number of hydrogen-bond acceptors (Lipinski definition) is 0. The summed E-state index contributed by atoms with van der Waals surface area (Å²) in [6.07, 6.45) is 9.98. The molecule has 0 amide bonds. The molecule has 0 fully saturated rings. The maximum Gasteiger partial charge on any atom is 0.0579 e. The summed E-state index contributed by atoms with van der Waals surface area (Å²) in [6.45, 7) is 12.7. The van der Waals surface area contributed by atoms with Gasteiger partial charge in [0.1, 0.15) is 0 Å². The van der Waals surface area contributed by atoms with Gasteiger partial charge in [-0.2, -0.15) is 0 Å². The number of aryl methyl sites for hydroxylation is 6. The summed E-state index contributed by atoms with van der Waals surface area (Å²) in [7, 11) is 0. The Kier molecular flexibility index (Phi) is 7.28. The van der Waals surface area contributed by atoms with Crippen molar-refractivity contribution in [3.05, 3.63) is 192 Å². The lowest BCUT2D eigenvalue weighted by Crippen LogP contribution is -2.16. The molecule has 0 aliphatic heterocycles. The Hall–Kier alpha value is -6.64. The van der Waals surface area contributed by atoms with Crippen molar-refractivity contribution >= 4 is 49.3 Å². The quantitative estimate of drug-likeness (QED) is 0.152. The van der Waals surface area contributed by atoms with Crippen LogP contribution in [-0.2, 0) is 25.7 Å². The van der Waals surface area contributed by atoms with Gasteiger partial charge in [0.05, 0.1) is 22.1 Å². The lowest BCUT2D eigenvalue weighted by molar-refractivity contribution is 0.884. The van der Waals surface area contributed by atoms with Crippen molar-refractivity contribution in [2.24, 2.45) is 0 Å². The minimum Gasteiger partial charge on any atom is -0.309 e. The SMILES string of the molecule is C=C/C=C(\C=C)n1c2ccc(-c3ccc(C)cc3)cc2c2cc3c4c(c21)CCc1c-4c(cc2c4cc(-c5ccc(C)cc5)ccc4n(-c4ccccc4)c12)CC3. The summed E-state index contributed by atoms with van der Waals surface area (Å²) in [5.74, 6) is 0. The molecule has 0 atom stereocenters. The van der Waals surface area contributed by atoms with E-state index in [1.165, 1.54) is 116 Å². The van der Waals surface area contributed by atoms with Crippen molar-refractivity contribution in [3.8, 4) is 39.1 Å². The largest absolute Gasteiger partial charge is 0.309 e. The molecule has 0 N–H and O–H groups in total. The molecule has 2 aliphatic carbocycles. The Morgan fingerprint density at radius 2 is 1.04 bits per heavy atom. The zero-order chi connectivity index (χ0) is 37.7. The number of rotatable bonds is 6. The van der Waals surface area contributed by atoms with Crippen LogP contribution in [0.3, 0.4) is 0 Å². The smallest absolute Gasteiger partial charge is 0.0579 e. The molecular formula is C54H42N2. The molecular weight excluding hydrogens is 677 g/mol. The van der Waals surface area contributed by atoms with Gasteiger partial charge in [0.25, 0.3) is 0 Å². The summed E-state index contributed by atoms with van der Waals surface area (Å²) in [4.78, 5) is 0. The van der Waals surface area contributed by atoms with Crippen molar-refractivity contribution in [3.63, 3.8) is 0 Å². The molecule has 2 heteroatoms. The standard InChI is InChI=1S/C54H42N2/c1-5-10-41(6-2)55-49-27-23-37(35-17-13-33(3)14-18-35)29-45(49)47-31-39-21-22-40-32-48-46-30-38(36-19-15-34(4)16-20-36)24-28-50(46)56(42-11-8-7-9-12-42)54(48)44-26-25-43(53(47)55)51(39)52(40)44/h5-20,23-24,27-32H,1-2,21-22,25-26H2,3-4H3/b41-10+. The van der Waals surface area contributed by atoms with E-state index in [4.69, 9.17) is 0 Å². The van der Waals surface area contributed by atoms with E-state index in [0.29, 0.717) is 0 Å². The molecule has 2 nitrogen and oxygen atoms in total. The first-order valence-electron chi connectivity index (χ1n) is 19.9. The Bertz CT molecular complexity index is 3150. The van der Waals surface area contributed by atoms with Crippen LogP contribution in [0.2, 0.25) is 0 Å². The fraction of sp³-hybridized carbons (Fsp3) is 0.111. The summed E-state index contributed by atoms with van der Waals surface area (Å²) in [6, 6.07) is 48.0. The molecule has 2 aromatic heterocycles. The number of allylic oxidation sites excluding steroid dienone is 4. The van der Waals surface area contributed by atoms with Gasteiger partial charge in [0.2, 0.25) is 0 Å². The van der Waals surface area contributed by atoms with E-state index in [1.54, 1.807) is 0 Å². The average Bonchev–Trinajstić information content (AvgIpc) is 3.74. The predicted molar refractivity (Wildman–Crippen MR) is 239 cm³/mol. The van der Waals surface area contributed by atoms with Gasteiger partial charge in [-0.25, -0.2) is 0 Å². The fourth-order valence-corrected chi connectivity index (χ4v) is 9.98. The van der Waals surface area contributed by atoms with Crippen LogP contribution in [0.25, 0.3) is 88.4 Å². The fourth-order valence-electron chi connectivity index (χ4n) is 9.98. The molecule has 9 aromatic rings. The highest BCUT2D eigenvalue weighted by Crippen LogP contribution is 2.51. The van der Waals surface area contributed by atoms with Crippen molar-refractivity contribution in [1.29, 1.82) is 0 Å². The highest BCUT2D eigenvalue weighted by atomic mass is 15.0. The molecule has 0 bridgehead atoms. The zero-order valence-electron chi connectivity index (χ0n) is 32.0. The second-order valence-electron chi connectivity index (χ2n) is 15.8. The minimum atomic E-state index is 0.968. The maximum absolute atomic E-state index is 4.30. The Labute approximate surface area is 328 Å². The lowest BCUT2D eigenvalue weighted by Gasteiger charge is -2.31. The van der Waals surface area contributed by atoms with E-state index in [2.05, 4.69) is 170 Å². The zero-order valence-corrected chi connectivity index (χ0v) is 32.0. The molecule has 56 heavy (non-hydrogen) atoms. The molecule has 7 aromatic carbocycles. The van der Waals surface area contributed by atoms with Crippen LogP contribution in [0.1, 0.15) is 33.4 Å². The van der Waals surface area contributed by atoms with Gasteiger partial charge in [0.15, 0.2) is 0 Å². The van der Waals surface area contributed by atoms with Crippen LogP contribution in [0.5, 0.6) is 0 Å². The third kappa shape index (κ3) is 4.75. The number of fused-ring (bicyclic) bond motifs is 8. The van der Waals surface area contributed by atoms with Crippen LogP contribution >= 0.6 is 0 Å². The van der Waals surface area contributed by atoms with Crippen molar-refractivity contribution < 1.29 is 0 Å². The number of para-hydroxylation sites is 1. The topological polar surface area (TPSA) is 9.86 Å². The molecule has 268 valence electrons. The molecule has 11 rings (SSSR count). The molecule has 0 radical (unpaired) electrons. The number of aromatic nitrogens is 2. The highest BCUT2D eigenvalue weighted by molar-refractivity contribution is 6.17. The van der Waals surface area contributed by atoms with Crippen LogP contribution in [0.15, 0.2) is 159 Å². The highest BCUT2D eigenvalue weighted by Gasteiger charge is 2.33. The van der Waals surface area contributed by atoms with Crippen LogP contribution in [0, 0.1) is 13.8 Å². The summed E-state index contributed by atoms with van der Waals surface area (Å²) >= 11 is 0. The Morgan fingerprint density at radius 3 is 1.61 bits per heavy atom. The normalized spacial score (nSPS) is 13.5. The Balaban J connectivity index is 1.22. The molecule has 0 unspecified atom stereocenters. The molecule has 2 heterocycles. The van der Waals surface area contributed by atoms with Gasteiger partial charge < -0.3 is 9.13 Å². The van der Waals surface area contributed by atoms with Gasteiger partial charge >= 0.3 is 0 Å². The van der Waals surface area contributed by atoms with Gasteiger partial charge in [-0.05, 0) is 156 Å². The van der Waals surface area contributed by atoms with Crippen LogP contribution in [-0.4, -0.2) is 9.13 Å². The number of nitrogens with zero attached hydrogens (tertiary/aromatic N) is 2. The maximum atomic E-state index is 4.30. The molecule has 2 aliphatic rings. The average molecular weight is 719 g/mol. The summed E-state index contributed by atoms with van der Waals surface area (Å²) in [5, 5.41) is 5.30. The van der Waals surface area contributed by atoms with Gasteiger partial charge in [0, 0.05) is 32.9 Å². The van der Waals surface area contributed by atoms with Crippen molar-refractivity contribution in [2.75, 3.05) is 0 Å². The number of benzene rings is 7. The summed E-state index contributed by atoms with van der Waals surface area (Å²) < 4.78 is 5.00. The van der Waals surface area contributed by atoms with Gasteiger partial charge in [-0.1, -0.05) is 109 Å². The molecule has 0 saturated heterocycles. The van der Waals surface area contributed by atoms with E-state index in [9.17, 15) is 0 Å². The first-order chi connectivity index (χ1) is 27.5. The third-order valence-corrected chi connectivity index (χ3v) is 12.5. The third-order valence-electron chi connectivity index (χ3n) is 12.5. The van der Waals surface area contributed by atoms with Crippen LogP contribution < -0.4 is 0 Å². The lowest BCUT2D eigenvalue weighted by atomic mass is 9.74. The number of hydrogen-bond donors (Lipinski definition) is 0. The van der Waals surface area contributed by atoms with Crippen molar-refractivity contribution in [2.45, 2.75) is 39.5 Å². The monoisotopic (exact) mass is 718 g/mol. The second-order valence-corrected chi connectivity index (χ2v) is 15.8. The van der Waals surface area contributed by atoms with E-state index in [-0.39, 0.29) is 0 Å². The minimum absolute atomic E-state index is 0.968. The van der Waals surface area contributed by atoms with E-state index >= 15 is 0 Å². The van der Waals surface area contributed by atoms with Gasteiger partial charge in [-0.3, -0.25) is 0 Å². The second kappa shape index (κ2) is 12.4. The van der Waals surface area contributed by atoms with E-state index in [0.717, 1.165) is 31.4 Å². The first-order valence-corrected chi connectivity index (χ1v) is 19.9. The van der Waals surface area contributed by atoms with Crippen LogP contribution in [0.4, 0.5) is 0 Å².